The summed E-state index contributed by atoms with van der Waals surface area (Å²) in [6, 6.07) is 10.6. The highest BCUT2D eigenvalue weighted by atomic mass is 35.5. The Balaban J connectivity index is 0.00000180. The van der Waals surface area contributed by atoms with Crippen molar-refractivity contribution < 1.29 is 4.79 Å². The number of nitrogens with one attached hydrogen (secondary N) is 1. The molecular formula is C14H21ClN2OS. The fourth-order valence-corrected chi connectivity index (χ4v) is 2.99. The average Bonchev–Trinajstić information content (AvgIpc) is 2.40. The van der Waals surface area contributed by atoms with Crippen molar-refractivity contribution in [3.05, 3.63) is 30.3 Å². The number of amides is 1. The van der Waals surface area contributed by atoms with Crippen molar-refractivity contribution in [2.75, 3.05) is 25.4 Å². The number of carbonyl (C=O) groups excluding carboxylic acids is 1. The van der Waals surface area contributed by atoms with E-state index in [1.54, 1.807) is 11.8 Å². The van der Waals surface area contributed by atoms with Crippen molar-refractivity contribution in [1.29, 1.82) is 0 Å². The third kappa shape index (κ3) is 5.05. The van der Waals surface area contributed by atoms with Crippen molar-refractivity contribution in [2.45, 2.75) is 24.3 Å². The minimum atomic E-state index is 0. The number of thioether (sulfide) groups is 1. The second-order valence-electron chi connectivity index (χ2n) is 4.55. The highest BCUT2D eigenvalue weighted by Crippen LogP contribution is 2.18. The fourth-order valence-electron chi connectivity index (χ4n) is 2.13. The molecule has 1 saturated heterocycles. The maximum Gasteiger partial charge on any atom is 0.223 e. The molecule has 0 bridgehead atoms. The molecule has 5 heteroatoms. The quantitative estimate of drug-likeness (QED) is 0.867. The third-order valence-corrected chi connectivity index (χ3v) is 4.16. The smallest absolute Gasteiger partial charge is 0.223 e. The molecule has 2 rings (SSSR count). The van der Waals surface area contributed by atoms with Crippen LogP contribution in [0.25, 0.3) is 0 Å². The highest BCUT2D eigenvalue weighted by Gasteiger charge is 2.22. The van der Waals surface area contributed by atoms with Gasteiger partial charge in [0.2, 0.25) is 5.91 Å². The van der Waals surface area contributed by atoms with E-state index in [0.717, 1.165) is 25.4 Å². The van der Waals surface area contributed by atoms with Gasteiger partial charge in [0, 0.05) is 42.7 Å². The van der Waals surface area contributed by atoms with E-state index in [2.05, 4.69) is 24.4 Å². The van der Waals surface area contributed by atoms with Gasteiger partial charge >= 0.3 is 0 Å². The van der Waals surface area contributed by atoms with Gasteiger partial charge in [0.1, 0.15) is 0 Å². The van der Waals surface area contributed by atoms with Crippen molar-refractivity contribution in [2.24, 2.45) is 0 Å². The second-order valence-corrected chi connectivity index (χ2v) is 5.72. The maximum atomic E-state index is 12.1. The zero-order valence-electron chi connectivity index (χ0n) is 11.2. The Hall–Kier alpha value is -0.710. The topological polar surface area (TPSA) is 32.3 Å². The van der Waals surface area contributed by atoms with Gasteiger partial charge in [0.15, 0.2) is 0 Å². The summed E-state index contributed by atoms with van der Waals surface area (Å²) in [6.07, 6.45) is 0.629. The van der Waals surface area contributed by atoms with Gasteiger partial charge in [-0.3, -0.25) is 4.79 Å². The van der Waals surface area contributed by atoms with Crippen LogP contribution in [-0.4, -0.2) is 42.2 Å². The molecule has 1 aromatic carbocycles. The molecule has 0 unspecified atom stereocenters. The van der Waals surface area contributed by atoms with E-state index < -0.39 is 0 Å². The first-order valence-electron chi connectivity index (χ1n) is 6.45. The predicted molar refractivity (Wildman–Crippen MR) is 83.1 cm³/mol. The first-order valence-corrected chi connectivity index (χ1v) is 7.44. The van der Waals surface area contributed by atoms with Gasteiger partial charge in [-0.2, -0.15) is 0 Å². The van der Waals surface area contributed by atoms with Gasteiger partial charge in [-0.25, -0.2) is 0 Å². The molecule has 1 aromatic rings. The van der Waals surface area contributed by atoms with Crippen LogP contribution in [-0.2, 0) is 4.79 Å². The molecule has 0 aliphatic carbocycles. The monoisotopic (exact) mass is 300 g/mol. The summed E-state index contributed by atoms with van der Waals surface area (Å²) >= 11 is 1.75. The summed E-state index contributed by atoms with van der Waals surface area (Å²) in [4.78, 5) is 15.3. The maximum absolute atomic E-state index is 12.1. The van der Waals surface area contributed by atoms with Crippen LogP contribution in [0.15, 0.2) is 35.2 Å². The summed E-state index contributed by atoms with van der Waals surface area (Å²) in [5, 5.41) is 3.30. The van der Waals surface area contributed by atoms with Crippen LogP contribution in [0.1, 0.15) is 13.3 Å². The van der Waals surface area contributed by atoms with Crippen LogP contribution >= 0.6 is 24.2 Å². The Morgan fingerprint density at radius 2 is 2.16 bits per heavy atom. The molecule has 1 aliphatic heterocycles. The van der Waals surface area contributed by atoms with E-state index in [0.29, 0.717) is 12.5 Å². The molecule has 1 fully saturated rings. The van der Waals surface area contributed by atoms with E-state index in [1.807, 2.05) is 23.1 Å². The normalized spacial score (nSPS) is 18.8. The van der Waals surface area contributed by atoms with Gasteiger partial charge in [0.25, 0.3) is 0 Å². The van der Waals surface area contributed by atoms with E-state index in [1.165, 1.54) is 4.90 Å². The molecule has 19 heavy (non-hydrogen) atoms. The number of piperazine rings is 1. The van der Waals surface area contributed by atoms with Crippen molar-refractivity contribution >= 4 is 30.1 Å². The minimum Gasteiger partial charge on any atom is -0.337 e. The Bertz CT molecular complexity index is 388. The molecular weight excluding hydrogens is 280 g/mol. The lowest BCUT2D eigenvalue weighted by Crippen LogP contribution is -2.52. The van der Waals surface area contributed by atoms with Gasteiger partial charge in [-0.15, -0.1) is 24.2 Å². The number of hydrogen-bond donors (Lipinski definition) is 1. The van der Waals surface area contributed by atoms with Crippen LogP contribution in [0, 0.1) is 0 Å². The lowest BCUT2D eigenvalue weighted by molar-refractivity contribution is -0.133. The first kappa shape index (κ1) is 16.3. The van der Waals surface area contributed by atoms with Gasteiger partial charge in [-0.1, -0.05) is 18.2 Å². The molecule has 0 saturated carbocycles. The molecule has 0 aromatic heterocycles. The zero-order chi connectivity index (χ0) is 12.8. The molecule has 1 amide bonds. The number of nitrogens with zero attached hydrogens (tertiary/aromatic N) is 1. The van der Waals surface area contributed by atoms with Crippen molar-refractivity contribution in [1.82, 2.24) is 10.2 Å². The van der Waals surface area contributed by atoms with Crippen LogP contribution in [0.4, 0.5) is 0 Å². The summed E-state index contributed by atoms with van der Waals surface area (Å²) in [6.45, 7) is 4.78. The Morgan fingerprint density at radius 1 is 1.42 bits per heavy atom. The van der Waals surface area contributed by atoms with Crippen LogP contribution in [0.2, 0.25) is 0 Å². The number of benzene rings is 1. The number of carbonyl (C=O) groups is 1. The van der Waals surface area contributed by atoms with E-state index in [4.69, 9.17) is 0 Å². The van der Waals surface area contributed by atoms with E-state index in [-0.39, 0.29) is 18.3 Å². The van der Waals surface area contributed by atoms with Gasteiger partial charge < -0.3 is 10.2 Å². The zero-order valence-corrected chi connectivity index (χ0v) is 12.8. The van der Waals surface area contributed by atoms with Gasteiger partial charge in [-0.05, 0) is 19.1 Å². The summed E-state index contributed by atoms with van der Waals surface area (Å²) < 4.78 is 0. The molecule has 1 N–H and O–H groups in total. The molecule has 3 nitrogen and oxygen atoms in total. The summed E-state index contributed by atoms with van der Waals surface area (Å²) in [5.41, 5.74) is 0. The molecule has 1 heterocycles. The molecule has 1 atom stereocenters. The second kappa shape index (κ2) is 8.46. The summed E-state index contributed by atoms with van der Waals surface area (Å²) in [5.74, 6) is 1.15. The predicted octanol–water partition coefficient (Wildman–Crippen LogP) is 2.41. The number of halogens is 1. The summed E-state index contributed by atoms with van der Waals surface area (Å²) in [7, 11) is 0. The van der Waals surface area contributed by atoms with E-state index >= 15 is 0 Å². The molecule has 1 aliphatic rings. The third-order valence-electron chi connectivity index (χ3n) is 3.15. The largest absolute Gasteiger partial charge is 0.337 e. The SMILES string of the molecule is C[C@@H]1CNCCN1C(=O)CCSc1ccccc1.Cl. The van der Waals surface area contributed by atoms with Crippen LogP contribution < -0.4 is 5.32 Å². The van der Waals surface area contributed by atoms with Crippen LogP contribution in [0.3, 0.4) is 0 Å². The van der Waals surface area contributed by atoms with Gasteiger partial charge in [0.05, 0.1) is 0 Å². The molecule has 0 spiro atoms. The Kier molecular flexibility index (Phi) is 7.28. The lowest BCUT2D eigenvalue weighted by Gasteiger charge is -2.34. The number of rotatable bonds is 4. The average molecular weight is 301 g/mol. The Labute approximate surface area is 125 Å². The molecule has 0 radical (unpaired) electrons. The highest BCUT2D eigenvalue weighted by molar-refractivity contribution is 7.99. The fraction of sp³-hybridized carbons (Fsp3) is 0.500. The Morgan fingerprint density at radius 3 is 2.84 bits per heavy atom. The van der Waals surface area contributed by atoms with E-state index in [9.17, 15) is 4.79 Å². The number of hydrogen-bond acceptors (Lipinski definition) is 3. The first-order chi connectivity index (χ1) is 8.77. The van der Waals surface area contributed by atoms with Crippen molar-refractivity contribution in [3.63, 3.8) is 0 Å². The molecule has 106 valence electrons. The standard InChI is InChI=1S/C14H20N2OS.ClH/c1-12-11-15-8-9-16(12)14(17)7-10-18-13-5-3-2-4-6-13;/h2-6,12,15H,7-11H2,1H3;1H/t12-;/m1./s1. The van der Waals surface area contributed by atoms with Crippen LogP contribution in [0.5, 0.6) is 0 Å². The lowest BCUT2D eigenvalue weighted by atomic mass is 10.2. The minimum absolute atomic E-state index is 0. The van der Waals surface area contributed by atoms with Crippen molar-refractivity contribution in [3.8, 4) is 0 Å².